The third-order valence-corrected chi connectivity index (χ3v) is 5.82. The van der Waals surface area contributed by atoms with Crippen LogP contribution in [0.15, 0.2) is 0 Å². The lowest BCUT2D eigenvalue weighted by Gasteiger charge is -2.29. The van der Waals surface area contributed by atoms with E-state index < -0.39 is 9.84 Å². The Morgan fingerprint density at radius 2 is 2.10 bits per heavy atom. The SMILES string of the molecule is C#CCN(C(=O)CCC(C)(C)CCN)C1CCS(=O)(=O)C1. The number of rotatable bonds is 7. The zero-order valence-electron chi connectivity index (χ0n) is 13.0. The van der Waals surface area contributed by atoms with Gasteiger partial charge in [-0.25, -0.2) is 8.42 Å². The number of hydrogen-bond donors (Lipinski definition) is 1. The van der Waals surface area contributed by atoms with Crippen LogP contribution in [0, 0.1) is 17.8 Å². The molecule has 1 aliphatic heterocycles. The van der Waals surface area contributed by atoms with Crippen molar-refractivity contribution in [1.82, 2.24) is 4.90 Å². The number of sulfone groups is 1. The molecular weight excluding hydrogens is 288 g/mol. The topological polar surface area (TPSA) is 80.5 Å². The van der Waals surface area contributed by atoms with Crippen LogP contribution in [0.5, 0.6) is 0 Å². The van der Waals surface area contributed by atoms with Crippen LogP contribution >= 0.6 is 0 Å². The van der Waals surface area contributed by atoms with Gasteiger partial charge in [-0.15, -0.1) is 6.42 Å². The standard InChI is InChI=1S/C15H26N2O3S/c1-4-10-17(13-6-11-21(19,20)12-13)14(18)5-7-15(2,3)8-9-16/h1,13H,5-12,16H2,2-3H3. The van der Waals surface area contributed by atoms with Gasteiger partial charge in [0.2, 0.25) is 5.91 Å². The molecule has 0 bridgehead atoms. The van der Waals surface area contributed by atoms with E-state index in [1.807, 2.05) is 0 Å². The molecule has 1 amide bonds. The number of terminal acetylenes is 1. The maximum atomic E-state index is 12.4. The average Bonchev–Trinajstić information content (AvgIpc) is 2.73. The third-order valence-electron chi connectivity index (χ3n) is 4.07. The monoisotopic (exact) mass is 314 g/mol. The molecule has 120 valence electrons. The zero-order chi connectivity index (χ0) is 16.1. The first-order valence-corrected chi connectivity index (χ1v) is 9.16. The molecule has 1 unspecified atom stereocenters. The van der Waals surface area contributed by atoms with Gasteiger partial charge in [0.25, 0.3) is 0 Å². The summed E-state index contributed by atoms with van der Waals surface area (Å²) in [5.74, 6) is 2.59. The van der Waals surface area contributed by atoms with Crippen LogP contribution in [0.2, 0.25) is 0 Å². The van der Waals surface area contributed by atoms with Crippen molar-refractivity contribution in [2.75, 3.05) is 24.6 Å². The van der Waals surface area contributed by atoms with Gasteiger partial charge in [-0.2, -0.15) is 0 Å². The number of nitrogens with two attached hydrogens (primary N) is 1. The van der Waals surface area contributed by atoms with Crippen molar-refractivity contribution in [1.29, 1.82) is 0 Å². The second-order valence-corrected chi connectivity index (χ2v) is 8.71. The van der Waals surface area contributed by atoms with Crippen molar-refractivity contribution < 1.29 is 13.2 Å². The summed E-state index contributed by atoms with van der Waals surface area (Å²) in [7, 11) is -3.02. The van der Waals surface area contributed by atoms with E-state index in [0.29, 0.717) is 19.4 Å². The first-order chi connectivity index (χ1) is 9.71. The number of carbonyl (C=O) groups is 1. The van der Waals surface area contributed by atoms with Gasteiger partial charge in [-0.1, -0.05) is 19.8 Å². The molecule has 0 spiro atoms. The minimum Gasteiger partial charge on any atom is -0.330 e. The van der Waals surface area contributed by atoms with Gasteiger partial charge in [0.05, 0.1) is 18.1 Å². The highest BCUT2D eigenvalue weighted by Gasteiger charge is 2.34. The number of hydrogen-bond acceptors (Lipinski definition) is 4. The van der Waals surface area contributed by atoms with Crippen molar-refractivity contribution in [3.8, 4) is 12.3 Å². The largest absolute Gasteiger partial charge is 0.330 e. The smallest absolute Gasteiger partial charge is 0.223 e. The maximum Gasteiger partial charge on any atom is 0.223 e. The lowest BCUT2D eigenvalue weighted by molar-refractivity contribution is -0.133. The van der Waals surface area contributed by atoms with Crippen molar-refractivity contribution in [2.45, 2.75) is 45.6 Å². The highest BCUT2D eigenvalue weighted by atomic mass is 32.2. The predicted molar refractivity (Wildman–Crippen MR) is 84.3 cm³/mol. The minimum absolute atomic E-state index is 0.00791. The predicted octanol–water partition coefficient (Wildman–Crippen LogP) is 0.791. The maximum absolute atomic E-state index is 12.4. The Bertz CT molecular complexity index is 506. The molecule has 6 heteroatoms. The molecule has 1 saturated heterocycles. The quantitative estimate of drug-likeness (QED) is 0.705. The zero-order valence-corrected chi connectivity index (χ0v) is 13.8. The summed E-state index contributed by atoms with van der Waals surface area (Å²) >= 11 is 0. The Morgan fingerprint density at radius 1 is 1.43 bits per heavy atom. The van der Waals surface area contributed by atoms with E-state index in [-0.39, 0.29) is 35.4 Å². The molecule has 1 aliphatic rings. The van der Waals surface area contributed by atoms with Gasteiger partial charge in [0.15, 0.2) is 9.84 Å². The molecule has 21 heavy (non-hydrogen) atoms. The summed E-state index contributed by atoms with van der Waals surface area (Å²) in [6.45, 7) is 4.93. The first kappa shape index (κ1) is 18.0. The van der Waals surface area contributed by atoms with E-state index in [4.69, 9.17) is 12.2 Å². The van der Waals surface area contributed by atoms with E-state index in [2.05, 4.69) is 19.8 Å². The minimum atomic E-state index is -3.02. The van der Waals surface area contributed by atoms with Gasteiger partial charge < -0.3 is 10.6 Å². The number of carbonyl (C=O) groups excluding carboxylic acids is 1. The van der Waals surface area contributed by atoms with E-state index in [9.17, 15) is 13.2 Å². The first-order valence-electron chi connectivity index (χ1n) is 7.34. The molecule has 0 aromatic heterocycles. The summed E-state index contributed by atoms with van der Waals surface area (Å²) in [4.78, 5) is 13.9. The van der Waals surface area contributed by atoms with Crippen molar-refractivity contribution in [3.63, 3.8) is 0 Å². The summed E-state index contributed by atoms with van der Waals surface area (Å²) in [6.07, 6.45) is 7.77. The van der Waals surface area contributed by atoms with E-state index in [1.165, 1.54) is 0 Å². The molecule has 1 rings (SSSR count). The Hall–Kier alpha value is -1.06. The molecule has 0 aromatic rings. The molecule has 2 N–H and O–H groups in total. The fourth-order valence-electron chi connectivity index (χ4n) is 2.65. The Morgan fingerprint density at radius 3 is 2.57 bits per heavy atom. The Balaban J connectivity index is 2.65. The van der Waals surface area contributed by atoms with Crippen molar-refractivity contribution >= 4 is 15.7 Å². The average molecular weight is 314 g/mol. The van der Waals surface area contributed by atoms with Gasteiger partial charge in [0.1, 0.15) is 0 Å². The van der Waals surface area contributed by atoms with Crippen LogP contribution in [0.25, 0.3) is 0 Å². The summed E-state index contributed by atoms with van der Waals surface area (Å²) in [5.41, 5.74) is 5.58. The van der Waals surface area contributed by atoms with Crippen LogP contribution < -0.4 is 5.73 Å². The number of amides is 1. The molecule has 1 atom stereocenters. The third kappa shape index (κ3) is 5.68. The van der Waals surface area contributed by atoms with Crippen LogP contribution in [-0.2, 0) is 14.6 Å². The second kappa shape index (κ2) is 7.28. The van der Waals surface area contributed by atoms with E-state index in [1.54, 1.807) is 4.90 Å². The van der Waals surface area contributed by atoms with Gasteiger partial charge in [-0.05, 0) is 31.2 Å². The number of nitrogens with zero attached hydrogens (tertiary/aromatic N) is 1. The molecular formula is C15H26N2O3S. The highest BCUT2D eigenvalue weighted by molar-refractivity contribution is 7.91. The summed E-state index contributed by atoms with van der Waals surface area (Å²) < 4.78 is 23.1. The van der Waals surface area contributed by atoms with E-state index >= 15 is 0 Å². The molecule has 1 heterocycles. The van der Waals surface area contributed by atoms with Crippen LogP contribution in [0.3, 0.4) is 0 Å². The summed E-state index contributed by atoms with van der Waals surface area (Å²) in [5, 5.41) is 0. The van der Waals surface area contributed by atoms with Crippen LogP contribution in [0.1, 0.15) is 39.5 Å². The lowest BCUT2D eigenvalue weighted by atomic mass is 9.84. The lowest BCUT2D eigenvalue weighted by Crippen LogP contribution is -2.41. The summed E-state index contributed by atoms with van der Waals surface area (Å²) in [6, 6.07) is -0.267. The van der Waals surface area contributed by atoms with Gasteiger partial charge in [-0.3, -0.25) is 4.79 Å². The van der Waals surface area contributed by atoms with Crippen molar-refractivity contribution in [2.24, 2.45) is 11.1 Å². The van der Waals surface area contributed by atoms with Crippen LogP contribution in [0.4, 0.5) is 0 Å². The molecule has 5 nitrogen and oxygen atoms in total. The Labute approximate surface area is 128 Å². The molecule has 1 fully saturated rings. The van der Waals surface area contributed by atoms with Crippen LogP contribution in [-0.4, -0.2) is 49.9 Å². The fraction of sp³-hybridized carbons (Fsp3) is 0.800. The Kier molecular flexibility index (Phi) is 6.24. The van der Waals surface area contributed by atoms with Crippen molar-refractivity contribution in [3.05, 3.63) is 0 Å². The highest BCUT2D eigenvalue weighted by Crippen LogP contribution is 2.27. The van der Waals surface area contributed by atoms with Gasteiger partial charge in [0, 0.05) is 12.5 Å². The van der Waals surface area contributed by atoms with E-state index in [0.717, 1.165) is 12.8 Å². The molecule has 0 aromatic carbocycles. The molecule has 0 radical (unpaired) electrons. The normalized spacial score (nSPS) is 21.0. The molecule has 0 aliphatic carbocycles. The van der Waals surface area contributed by atoms with Gasteiger partial charge >= 0.3 is 0 Å². The fourth-order valence-corrected chi connectivity index (χ4v) is 4.38. The molecule has 0 saturated carbocycles. The second-order valence-electron chi connectivity index (χ2n) is 6.49.